The number of hydrogen-bond donors (Lipinski definition) is 5. The fourth-order valence-corrected chi connectivity index (χ4v) is 6.60. The van der Waals surface area contributed by atoms with Crippen LogP contribution in [0.15, 0.2) is 0 Å². The third-order valence-corrected chi connectivity index (χ3v) is 10.6. The lowest BCUT2D eigenvalue weighted by molar-refractivity contribution is 0.0557. The summed E-state index contributed by atoms with van der Waals surface area (Å²) in [5.74, 6) is 0.373. The third-order valence-electron chi connectivity index (χ3n) is 4.73. The molecule has 0 saturated heterocycles. The van der Waals surface area contributed by atoms with E-state index in [4.69, 9.17) is 43.5 Å². The van der Waals surface area contributed by atoms with E-state index >= 15 is 0 Å². The van der Waals surface area contributed by atoms with Gasteiger partial charge in [-0.2, -0.15) is 0 Å². The van der Waals surface area contributed by atoms with Crippen LogP contribution in [-0.2, 0) is 54.3 Å². The van der Waals surface area contributed by atoms with Gasteiger partial charge in [-0.3, -0.25) is 0 Å². The van der Waals surface area contributed by atoms with E-state index in [1.54, 1.807) is 67.0 Å². The van der Waals surface area contributed by atoms with Gasteiger partial charge in [-0.15, -0.1) is 23.2 Å². The Morgan fingerprint density at radius 3 is 1.17 bits per heavy atom. The van der Waals surface area contributed by atoms with Gasteiger partial charge < -0.3 is 19.9 Å². The van der Waals surface area contributed by atoms with Crippen LogP contribution >= 0.6 is 23.2 Å². The smallest absolute Gasteiger partial charge is 0.421 e. The minimum Gasteiger partial charge on any atom is -0.444 e. The van der Waals surface area contributed by atoms with E-state index in [0.717, 1.165) is 12.8 Å². The summed E-state index contributed by atoms with van der Waals surface area (Å²) in [6, 6.07) is 0. The lowest BCUT2D eigenvalue weighted by Crippen LogP contribution is -2.37. The minimum absolute atomic E-state index is 0.0174. The maximum atomic E-state index is 11.3. The number of alkyl halides is 2. The highest BCUT2D eigenvalue weighted by atomic mass is 35.5. The second kappa shape index (κ2) is 23.1. The number of sulfonamides is 4. The molecule has 2 aliphatic rings. The maximum absolute atomic E-state index is 11.3. The maximum Gasteiger partial charge on any atom is 0.421 e. The predicted octanol–water partition coefficient (Wildman–Crippen LogP) is 2.69. The average Bonchev–Trinajstić information content (AvgIpc) is 3.75. The summed E-state index contributed by atoms with van der Waals surface area (Å²) < 4.78 is 103. The van der Waals surface area contributed by atoms with Crippen LogP contribution in [0.4, 0.5) is 14.4 Å². The molecule has 2 rings (SSSR count). The van der Waals surface area contributed by atoms with Crippen molar-refractivity contribution in [3.05, 3.63) is 0 Å². The van der Waals surface area contributed by atoms with E-state index < -0.39 is 80.4 Å². The largest absolute Gasteiger partial charge is 0.444 e. The number of primary amides is 1. The molecule has 2 fully saturated rings. The molecule has 0 aromatic heterocycles. The number of hydrogen-bond acceptors (Lipinski definition) is 14. The van der Waals surface area contributed by atoms with Crippen LogP contribution in [0, 0.1) is 0 Å². The first-order valence-electron chi connectivity index (χ1n) is 15.6. The van der Waals surface area contributed by atoms with E-state index in [1.807, 2.05) is 4.72 Å². The van der Waals surface area contributed by atoms with Crippen LogP contribution in [-0.4, -0.2) is 103 Å². The molecule has 0 bridgehead atoms. The first kappa shape index (κ1) is 54.5. The second-order valence-corrected chi connectivity index (χ2v) is 22.2. The van der Waals surface area contributed by atoms with Gasteiger partial charge in [0.05, 0.1) is 22.0 Å². The topological polar surface area (TPSA) is 318 Å². The molecule has 0 heterocycles. The van der Waals surface area contributed by atoms with Crippen LogP contribution in [0.25, 0.3) is 0 Å². The SMILES string of the molecule is CC(C)(C)OC(=O)NS(=O)(=O)C1CC1.CC(C)(C)OC(=O)NS(=O)(=O)CCCCl.CC(C)(C)OC(N)=O.NS(=O)(=O)C1CC1.NS(=O)(=O)CCCCl. The Morgan fingerprint density at radius 2 is 0.962 bits per heavy atom. The van der Waals surface area contributed by atoms with Gasteiger partial charge in [-0.05, 0) is 101 Å². The highest BCUT2D eigenvalue weighted by molar-refractivity contribution is 7.91. The highest BCUT2D eigenvalue weighted by Crippen LogP contribution is 2.27. The van der Waals surface area contributed by atoms with Crippen LogP contribution in [0.5, 0.6) is 0 Å². The fraction of sp³-hybridized carbons (Fsp3) is 0.889. The molecule has 2 saturated carbocycles. The van der Waals surface area contributed by atoms with Crippen molar-refractivity contribution in [3.63, 3.8) is 0 Å². The van der Waals surface area contributed by atoms with E-state index in [1.165, 1.54) is 0 Å². The molecule has 0 aliphatic heterocycles. The Balaban J connectivity index is -0.000000598. The van der Waals surface area contributed by atoms with Crippen molar-refractivity contribution in [2.75, 3.05) is 23.3 Å². The molecule has 3 amide bonds. The molecule has 0 aromatic carbocycles. The van der Waals surface area contributed by atoms with Gasteiger partial charge in [0.25, 0.3) is 0 Å². The molecule has 0 radical (unpaired) electrons. The van der Waals surface area contributed by atoms with Crippen molar-refractivity contribution >= 4 is 81.6 Å². The van der Waals surface area contributed by atoms with Gasteiger partial charge in [0, 0.05) is 11.8 Å². The van der Waals surface area contributed by atoms with Crippen LogP contribution in [0.2, 0.25) is 0 Å². The number of amides is 3. The van der Waals surface area contributed by atoms with Gasteiger partial charge >= 0.3 is 18.3 Å². The zero-order valence-corrected chi connectivity index (χ0v) is 35.8. The minimum atomic E-state index is -3.62. The molecule has 19 nitrogen and oxygen atoms in total. The van der Waals surface area contributed by atoms with Gasteiger partial charge in [-0.1, -0.05) is 0 Å². The molecule has 8 N–H and O–H groups in total. The number of carbonyl (C=O) groups is 3. The first-order chi connectivity index (χ1) is 23.0. The zero-order valence-electron chi connectivity index (χ0n) is 31.1. The average molecular weight is 875 g/mol. The molecule has 2 aliphatic carbocycles. The standard InChI is InChI=1S/C8H16ClNO4S.C8H15NO4S.C5H11NO2.C3H8ClNO2S.C3H7NO2S/c1-8(2,3)14-7(11)10-15(12,13)6-4-5-9;1-8(2,3)13-7(10)9-14(11,12)6-4-5-6;1-5(2,3)8-4(6)7;4-2-1-3-8(5,6)7;4-7(5,6)3-1-2-3/h4-6H2,1-3H3,(H,10,11);6H,4-5H2,1-3H3,(H,9,10);1-3H3,(H2,6,7);1-3H2,(H2,5,6,7);3H,1-2H2,(H2,4,5,6). The summed E-state index contributed by atoms with van der Waals surface area (Å²) in [5.41, 5.74) is 2.87. The Morgan fingerprint density at radius 1 is 0.615 bits per heavy atom. The molecule has 0 atom stereocenters. The number of ether oxygens (including phenoxy) is 3. The van der Waals surface area contributed by atoms with E-state index in [-0.39, 0.29) is 22.6 Å². The molecule has 52 heavy (non-hydrogen) atoms. The van der Waals surface area contributed by atoms with Crippen molar-refractivity contribution < 1.29 is 62.3 Å². The summed E-state index contributed by atoms with van der Waals surface area (Å²) >= 11 is 10.5. The molecule has 0 unspecified atom stereocenters. The Bertz CT molecular complexity index is 1550. The number of halogens is 2. The van der Waals surface area contributed by atoms with Crippen molar-refractivity contribution in [1.29, 1.82) is 0 Å². The summed E-state index contributed by atoms with van der Waals surface area (Å²) in [5, 5.41) is 8.74. The molecule has 0 aromatic rings. The monoisotopic (exact) mass is 873 g/mol. The lowest BCUT2D eigenvalue weighted by atomic mass is 10.2. The van der Waals surface area contributed by atoms with Crippen molar-refractivity contribution in [2.24, 2.45) is 16.0 Å². The molecule has 0 spiro atoms. The van der Waals surface area contributed by atoms with Gasteiger partial charge in [-0.25, -0.2) is 67.8 Å². The summed E-state index contributed by atoms with van der Waals surface area (Å²) in [7, 11) is -13.5. The Labute approximate surface area is 319 Å². The third kappa shape index (κ3) is 40.9. The van der Waals surface area contributed by atoms with Crippen molar-refractivity contribution in [1.82, 2.24) is 9.44 Å². The first-order valence-corrected chi connectivity index (χ1v) is 23.1. The number of carbonyl (C=O) groups excluding carboxylic acids is 3. The number of nitrogens with two attached hydrogens (primary N) is 3. The summed E-state index contributed by atoms with van der Waals surface area (Å²) in [6.07, 6.45) is 0.910. The van der Waals surface area contributed by atoms with E-state index in [2.05, 4.69) is 9.88 Å². The summed E-state index contributed by atoms with van der Waals surface area (Å²) in [6.45, 7) is 15.3. The number of rotatable bonds is 10. The van der Waals surface area contributed by atoms with Crippen molar-refractivity contribution in [2.45, 2.75) is 128 Å². The van der Waals surface area contributed by atoms with Crippen LogP contribution < -0.4 is 25.5 Å². The van der Waals surface area contributed by atoms with Gasteiger partial charge in [0.1, 0.15) is 16.8 Å². The number of nitrogens with one attached hydrogen (secondary N) is 2. The van der Waals surface area contributed by atoms with Crippen LogP contribution in [0.1, 0.15) is 101 Å². The van der Waals surface area contributed by atoms with Crippen LogP contribution in [0.3, 0.4) is 0 Å². The Hall–Kier alpha value is -1.89. The van der Waals surface area contributed by atoms with E-state index in [9.17, 15) is 48.1 Å². The highest BCUT2D eigenvalue weighted by Gasteiger charge is 2.37. The zero-order chi connectivity index (χ0) is 42.0. The van der Waals surface area contributed by atoms with Crippen molar-refractivity contribution in [3.8, 4) is 0 Å². The fourth-order valence-electron chi connectivity index (χ4n) is 2.55. The van der Waals surface area contributed by atoms with E-state index in [0.29, 0.717) is 31.6 Å². The van der Waals surface area contributed by atoms with Gasteiger partial charge in [0.15, 0.2) is 0 Å². The second-order valence-electron chi connectivity index (χ2n) is 14.0. The lowest BCUT2D eigenvalue weighted by Gasteiger charge is -2.19. The normalized spacial score (nSPS) is 14.8. The Kier molecular flexibility index (Phi) is 24.2. The quantitative estimate of drug-likeness (QED) is 0.156. The molecular weight excluding hydrogens is 817 g/mol. The molecule has 25 heteroatoms. The number of primary sulfonamides is 2. The predicted molar refractivity (Wildman–Crippen MR) is 200 cm³/mol. The molecule has 312 valence electrons. The molecular formula is C27H57Cl2N5O14S4. The van der Waals surface area contributed by atoms with Gasteiger partial charge in [0.2, 0.25) is 40.1 Å². The summed E-state index contributed by atoms with van der Waals surface area (Å²) in [4.78, 5) is 32.2.